The fourth-order valence-corrected chi connectivity index (χ4v) is 0.702. The molecule has 0 saturated heterocycles. The van der Waals surface area contributed by atoms with Crippen LogP contribution in [-0.2, 0) is 6.42 Å². The van der Waals surface area contributed by atoms with Crippen LogP contribution in [0.2, 0.25) is 0 Å². The fourth-order valence-electron chi connectivity index (χ4n) is 0.702. The van der Waals surface area contributed by atoms with E-state index in [2.05, 4.69) is 16.9 Å². The highest BCUT2D eigenvalue weighted by Gasteiger charge is 2.00. The van der Waals surface area contributed by atoms with Crippen LogP contribution < -0.4 is 10.5 Å². The van der Waals surface area contributed by atoms with E-state index in [1.807, 2.05) is 0 Å². The molecule has 1 aromatic heterocycles. The van der Waals surface area contributed by atoms with Crippen molar-refractivity contribution in [2.24, 2.45) is 0 Å². The van der Waals surface area contributed by atoms with E-state index in [4.69, 9.17) is 10.5 Å². The first-order chi connectivity index (χ1) is 5.27. The van der Waals surface area contributed by atoms with Crippen LogP contribution in [0.25, 0.3) is 0 Å². The maximum absolute atomic E-state index is 5.51. The van der Waals surface area contributed by atoms with E-state index in [1.165, 1.54) is 13.3 Å². The molecule has 0 amide bonds. The number of rotatable bonds is 2. The van der Waals surface area contributed by atoms with Crippen molar-refractivity contribution in [2.75, 3.05) is 12.8 Å². The summed E-state index contributed by atoms with van der Waals surface area (Å²) in [6.45, 7) is 3.65. The van der Waals surface area contributed by atoms with Crippen molar-refractivity contribution in [2.45, 2.75) is 6.42 Å². The summed E-state index contributed by atoms with van der Waals surface area (Å²) >= 11 is 0. The highest BCUT2D eigenvalue weighted by Crippen LogP contribution is 2.10. The van der Waals surface area contributed by atoms with Crippen LogP contribution >= 0.6 is 0 Å². The zero-order valence-electron chi connectivity index (χ0n) is 6.37. The number of hydrogen-bond donors (Lipinski definition) is 1. The summed E-state index contributed by atoms with van der Waals surface area (Å²) in [4.78, 5) is 7.91. The van der Waals surface area contributed by atoms with E-state index in [9.17, 15) is 0 Å². The Bertz CT molecular complexity index is 249. The molecule has 2 N–H and O–H groups in total. The molecule has 4 heteroatoms. The van der Waals surface area contributed by atoms with E-state index in [1.54, 1.807) is 0 Å². The van der Waals surface area contributed by atoms with Gasteiger partial charge in [-0.1, -0.05) is 0 Å². The molecule has 59 valence electrons. The van der Waals surface area contributed by atoms with Crippen LogP contribution in [0.1, 0.15) is 5.69 Å². The van der Waals surface area contributed by atoms with Gasteiger partial charge >= 0.3 is 0 Å². The van der Waals surface area contributed by atoms with Gasteiger partial charge in [-0.25, -0.2) is 0 Å². The number of aromatic nitrogens is 2. The van der Waals surface area contributed by atoms with Crippen molar-refractivity contribution < 1.29 is 4.74 Å². The molecular formula is C7H10N3O. The molecule has 1 heterocycles. The predicted octanol–water partition coefficient (Wildman–Crippen LogP) is 0.444. The van der Waals surface area contributed by atoms with Crippen molar-refractivity contribution in [3.8, 4) is 5.88 Å². The Hall–Kier alpha value is -1.32. The standard InChI is InChI=1S/C7H10N3O/c1-3-5-7(8)10-6(11-2)4-9-5/h4H,1,3H2,2H3,(H2,8,10). The Balaban J connectivity index is 2.99. The molecule has 0 aromatic carbocycles. The second kappa shape index (κ2) is 3.18. The fraction of sp³-hybridized carbons (Fsp3) is 0.286. The largest absolute Gasteiger partial charge is 0.480 e. The zero-order valence-corrected chi connectivity index (χ0v) is 6.37. The number of anilines is 1. The summed E-state index contributed by atoms with van der Waals surface area (Å²) < 4.78 is 4.82. The Morgan fingerprint density at radius 2 is 2.45 bits per heavy atom. The van der Waals surface area contributed by atoms with Gasteiger partial charge in [0.1, 0.15) is 5.82 Å². The highest BCUT2D eigenvalue weighted by atomic mass is 16.5. The van der Waals surface area contributed by atoms with E-state index in [0.717, 1.165) is 0 Å². The van der Waals surface area contributed by atoms with Gasteiger partial charge in [0.15, 0.2) is 0 Å². The molecular weight excluding hydrogens is 142 g/mol. The van der Waals surface area contributed by atoms with Crippen molar-refractivity contribution in [3.63, 3.8) is 0 Å². The van der Waals surface area contributed by atoms with Gasteiger partial charge in [-0.05, 0) is 13.3 Å². The third-order valence-electron chi connectivity index (χ3n) is 1.30. The van der Waals surface area contributed by atoms with E-state index < -0.39 is 0 Å². The van der Waals surface area contributed by atoms with Crippen molar-refractivity contribution in [3.05, 3.63) is 18.8 Å². The minimum Gasteiger partial charge on any atom is -0.480 e. The van der Waals surface area contributed by atoms with Crippen LogP contribution in [-0.4, -0.2) is 17.1 Å². The first kappa shape index (κ1) is 7.78. The summed E-state index contributed by atoms with van der Waals surface area (Å²) in [5.41, 5.74) is 6.21. The Morgan fingerprint density at radius 3 is 2.91 bits per heavy atom. The van der Waals surface area contributed by atoms with Gasteiger partial charge < -0.3 is 10.5 Å². The summed E-state index contributed by atoms with van der Waals surface area (Å²) in [5.74, 6) is 0.819. The van der Waals surface area contributed by atoms with E-state index >= 15 is 0 Å². The minimum atomic E-state index is 0.388. The van der Waals surface area contributed by atoms with Crippen molar-refractivity contribution >= 4 is 5.82 Å². The maximum Gasteiger partial charge on any atom is 0.234 e. The molecule has 1 radical (unpaired) electrons. The number of nitrogens with two attached hydrogens (primary N) is 1. The van der Waals surface area contributed by atoms with Gasteiger partial charge in [0.25, 0.3) is 0 Å². The molecule has 0 atom stereocenters. The average molecular weight is 152 g/mol. The zero-order chi connectivity index (χ0) is 8.27. The van der Waals surface area contributed by atoms with Crippen LogP contribution in [0, 0.1) is 6.92 Å². The number of nitrogens with zero attached hydrogens (tertiary/aromatic N) is 2. The quantitative estimate of drug-likeness (QED) is 0.668. The lowest BCUT2D eigenvalue weighted by atomic mass is 10.3. The van der Waals surface area contributed by atoms with Gasteiger partial charge in [0, 0.05) is 0 Å². The first-order valence-corrected chi connectivity index (χ1v) is 3.22. The smallest absolute Gasteiger partial charge is 0.234 e. The van der Waals surface area contributed by atoms with Gasteiger partial charge in [0.05, 0.1) is 19.0 Å². The first-order valence-electron chi connectivity index (χ1n) is 3.22. The Kier molecular flexibility index (Phi) is 2.25. The van der Waals surface area contributed by atoms with Crippen molar-refractivity contribution in [1.82, 2.24) is 9.97 Å². The SMILES string of the molecule is [CH2]Cc1ncc(OC)nc1N. The third kappa shape index (κ3) is 1.58. The number of nitrogen functional groups attached to an aromatic ring is 1. The van der Waals surface area contributed by atoms with Gasteiger partial charge in [-0.2, -0.15) is 4.98 Å². The van der Waals surface area contributed by atoms with E-state index in [0.29, 0.717) is 23.8 Å². The van der Waals surface area contributed by atoms with Crippen LogP contribution in [0.5, 0.6) is 5.88 Å². The van der Waals surface area contributed by atoms with Gasteiger partial charge in [0.2, 0.25) is 5.88 Å². The lowest BCUT2D eigenvalue weighted by molar-refractivity contribution is 0.396. The second-order valence-corrected chi connectivity index (χ2v) is 1.99. The van der Waals surface area contributed by atoms with Gasteiger partial charge in [-0.15, -0.1) is 0 Å². The third-order valence-corrected chi connectivity index (χ3v) is 1.30. The van der Waals surface area contributed by atoms with Crippen LogP contribution in [0.4, 0.5) is 5.82 Å². The number of hydrogen-bond acceptors (Lipinski definition) is 4. The average Bonchev–Trinajstić information content (AvgIpc) is 2.04. The monoisotopic (exact) mass is 152 g/mol. The van der Waals surface area contributed by atoms with E-state index in [-0.39, 0.29) is 0 Å². The minimum absolute atomic E-state index is 0.388. The molecule has 0 aliphatic carbocycles. The molecule has 0 spiro atoms. The van der Waals surface area contributed by atoms with Crippen LogP contribution in [0.3, 0.4) is 0 Å². The molecule has 1 aromatic rings. The lowest BCUT2D eigenvalue weighted by Gasteiger charge is -2.02. The predicted molar refractivity (Wildman–Crippen MR) is 42.1 cm³/mol. The molecule has 0 fully saturated rings. The second-order valence-electron chi connectivity index (χ2n) is 1.99. The molecule has 0 saturated carbocycles. The lowest BCUT2D eigenvalue weighted by Crippen LogP contribution is -2.01. The molecule has 0 unspecified atom stereocenters. The number of ether oxygens (including phenoxy) is 1. The Labute approximate surface area is 65.4 Å². The normalized spacial score (nSPS) is 9.64. The topological polar surface area (TPSA) is 61.0 Å². The Morgan fingerprint density at radius 1 is 1.73 bits per heavy atom. The maximum atomic E-state index is 5.51. The van der Waals surface area contributed by atoms with Crippen molar-refractivity contribution in [1.29, 1.82) is 0 Å². The summed E-state index contributed by atoms with van der Waals surface area (Å²) in [6, 6.07) is 0. The molecule has 11 heavy (non-hydrogen) atoms. The molecule has 0 aliphatic rings. The highest BCUT2D eigenvalue weighted by molar-refractivity contribution is 5.36. The van der Waals surface area contributed by atoms with Crippen LogP contribution in [0.15, 0.2) is 6.20 Å². The summed E-state index contributed by atoms with van der Waals surface area (Å²) in [7, 11) is 1.52. The summed E-state index contributed by atoms with van der Waals surface area (Å²) in [6.07, 6.45) is 2.07. The molecule has 1 rings (SSSR count). The summed E-state index contributed by atoms with van der Waals surface area (Å²) in [5, 5.41) is 0. The number of methoxy groups -OCH3 is 1. The molecule has 4 nitrogen and oxygen atoms in total. The molecule has 0 bridgehead atoms. The van der Waals surface area contributed by atoms with Gasteiger partial charge in [-0.3, -0.25) is 4.98 Å². The molecule has 0 aliphatic heterocycles.